The Bertz CT molecular complexity index is 165. The summed E-state index contributed by atoms with van der Waals surface area (Å²) in [6.07, 6.45) is 2.02. The van der Waals surface area contributed by atoms with Gasteiger partial charge < -0.3 is 15.5 Å². The average Bonchev–Trinajstić information content (AvgIpc) is 2.32. The predicted molar refractivity (Wildman–Crippen MR) is 64.0 cm³/mol. The van der Waals surface area contributed by atoms with E-state index in [-0.39, 0.29) is 0 Å². The highest BCUT2D eigenvalue weighted by Gasteiger charge is 2.00. The van der Waals surface area contributed by atoms with Crippen molar-refractivity contribution in [3.63, 3.8) is 0 Å². The lowest BCUT2D eigenvalue weighted by atomic mass is 10.4. The summed E-state index contributed by atoms with van der Waals surface area (Å²) >= 11 is 0. The zero-order valence-electron chi connectivity index (χ0n) is 9.80. The molecular formula is C10H23N5O. The molecule has 94 valence electrons. The highest BCUT2D eigenvalue weighted by atomic mass is 16.1. The Hall–Kier alpha value is -0.690. The third kappa shape index (κ3) is 6.73. The van der Waals surface area contributed by atoms with Crippen LogP contribution in [0.4, 0.5) is 0 Å². The monoisotopic (exact) mass is 229 g/mol. The number of hydrogen-bond acceptors (Lipinski definition) is 5. The summed E-state index contributed by atoms with van der Waals surface area (Å²) in [4.78, 5) is 12.4. The molecule has 6 heteroatoms. The van der Waals surface area contributed by atoms with Crippen LogP contribution in [0.1, 0.15) is 6.42 Å². The fraction of sp³-hybridized carbons (Fsp3) is 0.900. The molecule has 0 aromatic rings. The van der Waals surface area contributed by atoms with Gasteiger partial charge in [0.2, 0.25) is 6.41 Å². The molecule has 0 unspecified atom stereocenters. The summed E-state index contributed by atoms with van der Waals surface area (Å²) in [5, 5.41) is 13.1. The van der Waals surface area contributed by atoms with E-state index in [9.17, 15) is 4.79 Å². The molecule has 0 saturated carbocycles. The zero-order chi connectivity index (χ0) is 11.5. The average molecular weight is 229 g/mol. The van der Waals surface area contributed by atoms with Crippen molar-refractivity contribution in [2.45, 2.75) is 6.42 Å². The van der Waals surface area contributed by atoms with Gasteiger partial charge in [0.15, 0.2) is 0 Å². The van der Waals surface area contributed by atoms with Gasteiger partial charge in [-0.05, 0) is 19.5 Å². The normalized spacial score (nSPS) is 22.4. The predicted octanol–water partition coefficient (Wildman–Crippen LogP) is -1.88. The molecule has 4 N–H and O–H groups in total. The minimum Gasteiger partial charge on any atom is -0.320 e. The van der Waals surface area contributed by atoms with Crippen LogP contribution in [0.25, 0.3) is 0 Å². The summed E-state index contributed by atoms with van der Waals surface area (Å²) in [5.74, 6) is 0. The van der Waals surface area contributed by atoms with E-state index in [1.807, 2.05) is 0 Å². The first kappa shape index (κ1) is 13.4. The van der Waals surface area contributed by atoms with Crippen molar-refractivity contribution >= 4 is 6.41 Å². The van der Waals surface area contributed by atoms with Crippen LogP contribution in [0.15, 0.2) is 0 Å². The third-order valence-corrected chi connectivity index (χ3v) is 2.44. The number of nitrogens with one attached hydrogen (secondary N) is 4. The number of nitrogens with zero attached hydrogens (tertiary/aromatic N) is 1. The lowest BCUT2D eigenvalue weighted by molar-refractivity contribution is -0.118. The van der Waals surface area contributed by atoms with E-state index in [0.717, 1.165) is 52.1 Å². The molecule has 6 nitrogen and oxygen atoms in total. The Labute approximate surface area is 97.1 Å². The van der Waals surface area contributed by atoms with E-state index >= 15 is 0 Å². The Kier molecular flexibility index (Phi) is 7.97. The molecule has 16 heavy (non-hydrogen) atoms. The maximum Gasteiger partial charge on any atom is 0.211 e. The van der Waals surface area contributed by atoms with Crippen LogP contribution >= 0.6 is 0 Å². The lowest BCUT2D eigenvalue weighted by Gasteiger charge is -2.19. The molecule has 0 bridgehead atoms. The Morgan fingerprint density at radius 3 is 1.75 bits per heavy atom. The van der Waals surface area contributed by atoms with E-state index in [2.05, 4.69) is 21.3 Å². The molecule has 0 aliphatic carbocycles. The molecule has 0 spiro atoms. The van der Waals surface area contributed by atoms with Crippen LogP contribution in [0.5, 0.6) is 0 Å². The number of rotatable bonds is 1. The topological polar surface area (TPSA) is 68.4 Å². The van der Waals surface area contributed by atoms with Gasteiger partial charge in [-0.2, -0.15) is 0 Å². The van der Waals surface area contributed by atoms with Crippen molar-refractivity contribution in [3.05, 3.63) is 0 Å². The molecule has 1 aliphatic heterocycles. The second-order valence-corrected chi connectivity index (χ2v) is 3.86. The second-order valence-electron chi connectivity index (χ2n) is 3.86. The van der Waals surface area contributed by atoms with E-state index in [0.29, 0.717) is 13.3 Å². The Morgan fingerprint density at radius 2 is 1.25 bits per heavy atom. The molecule has 1 rings (SSSR count). The van der Waals surface area contributed by atoms with Crippen molar-refractivity contribution in [1.29, 1.82) is 0 Å². The largest absolute Gasteiger partial charge is 0.320 e. The smallest absolute Gasteiger partial charge is 0.211 e. The fourth-order valence-corrected chi connectivity index (χ4v) is 1.52. The number of carbonyl (C=O) groups is 1. The van der Waals surface area contributed by atoms with Crippen LogP contribution in [-0.4, -0.2) is 63.9 Å². The third-order valence-electron chi connectivity index (χ3n) is 2.44. The molecule has 1 fully saturated rings. The van der Waals surface area contributed by atoms with Crippen LogP contribution in [0.3, 0.4) is 0 Å². The molecule has 0 aromatic heterocycles. The molecule has 1 saturated heterocycles. The number of amides is 1. The highest BCUT2D eigenvalue weighted by Crippen LogP contribution is 1.78. The maximum atomic E-state index is 10.7. The minimum absolute atomic E-state index is 0.603. The first-order chi connectivity index (χ1) is 7.93. The van der Waals surface area contributed by atoms with Gasteiger partial charge in [0.1, 0.15) is 0 Å². The van der Waals surface area contributed by atoms with Crippen LogP contribution in [0.2, 0.25) is 0 Å². The molecule has 0 aromatic carbocycles. The van der Waals surface area contributed by atoms with E-state index in [1.54, 1.807) is 4.90 Å². The van der Waals surface area contributed by atoms with Gasteiger partial charge >= 0.3 is 0 Å². The quantitative estimate of drug-likeness (QED) is 0.396. The summed E-state index contributed by atoms with van der Waals surface area (Å²) in [6.45, 7) is 6.95. The molecule has 1 heterocycles. The molecule has 1 amide bonds. The summed E-state index contributed by atoms with van der Waals surface area (Å²) in [7, 11) is 0. The minimum atomic E-state index is 0.603. The van der Waals surface area contributed by atoms with Gasteiger partial charge in [-0.3, -0.25) is 15.4 Å². The van der Waals surface area contributed by atoms with Crippen LogP contribution in [0, 0.1) is 0 Å². The van der Waals surface area contributed by atoms with Crippen molar-refractivity contribution < 1.29 is 4.79 Å². The van der Waals surface area contributed by atoms with Gasteiger partial charge in [-0.25, -0.2) is 0 Å². The van der Waals surface area contributed by atoms with Gasteiger partial charge in [-0.1, -0.05) is 0 Å². The molecular weight excluding hydrogens is 206 g/mol. The summed E-state index contributed by atoms with van der Waals surface area (Å²) < 4.78 is 0. The lowest BCUT2D eigenvalue weighted by Crippen LogP contribution is -2.43. The molecule has 0 atom stereocenters. The molecule has 1 aliphatic rings. The van der Waals surface area contributed by atoms with Crippen LogP contribution < -0.4 is 21.3 Å². The maximum absolute atomic E-state index is 10.7. The van der Waals surface area contributed by atoms with Crippen molar-refractivity contribution in [1.82, 2.24) is 26.2 Å². The van der Waals surface area contributed by atoms with Gasteiger partial charge in [-0.15, -0.1) is 0 Å². The highest BCUT2D eigenvalue weighted by molar-refractivity contribution is 5.46. The Balaban J connectivity index is 2.18. The van der Waals surface area contributed by atoms with E-state index in [4.69, 9.17) is 0 Å². The second kappa shape index (κ2) is 9.53. The van der Waals surface area contributed by atoms with E-state index in [1.165, 1.54) is 0 Å². The first-order valence-electron chi connectivity index (χ1n) is 5.95. The van der Waals surface area contributed by atoms with Gasteiger partial charge in [0.25, 0.3) is 0 Å². The van der Waals surface area contributed by atoms with Crippen molar-refractivity contribution in [2.24, 2.45) is 0 Å². The van der Waals surface area contributed by atoms with Gasteiger partial charge in [0, 0.05) is 26.2 Å². The van der Waals surface area contributed by atoms with E-state index < -0.39 is 0 Å². The number of hydrogen-bond donors (Lipinski definition) is 4. The first-order valence-corrected chi connectivity index (χ1v) is 5.95. The van der Waals surface area contributed by atoms with Crippen molar-refractivity contribution in [2.75, 3.05) is 52.6 Å². The number of carbonyl (C=O) groups excluding carboxylic acids is 1. The summed E-state index contributed by atoms with van der Waals surface area (Å²) in [6, 6.07) is 0. The molecule has 0 radical (unpaired) electrons. The zero-order valence-corrected chi connectivity index (χ0v) is 9.80. The van der Waals surface area contributed by atoms with Crippen LogP contribution in [-0.2, 0) is 4.79 Å². The SMILES string of the molecule is O=CN1CNCCNCCCNCCNC1. The standard InChI is InChI=1S/C10H23N5O/c16-10-15-8-13-6-4-11-2-1-3-12-5-7-14-9-15/h10-14H,1-9H2. The fourth-order valence-electron chi connectivity index (χ4n) is 1.52. The summed E-state index contributed by atoms with van der Waals surface area (Å²) in [5.41, 5.74) is 0. The van der Waals surface area contributed by atoms with Gasteiger partial charge in [0.05, 0.1) is 13.3 Å². The Morgan fingerprint density at radius 1 is 0.750 bits per heavy atom. The van der Waals surface area contributed by atoms with Crippen molar-refractivity contribution in [3.8, 4) is 0 Å².